The highest BCUT2D eigenvalue weighted by molar-refractivity contribution is 7.09. The van der Waals surface area contributed by atoms with E-state index in [-0.39, 0.29) is 0 Å². The zero-order valence-corrected chi connectivity index (χ0v) is 15.5. The van der Waals surface area contributed by atoms with Gasteiger partial charge in [-0.15, -0.1) is 11.3 Å². The number of nitrogens with zero attached hydrogens (tertiary/aromatic N) is 3. The van der Waals surface area contributed by atoms with E-state index in [1.54, 1.807) is 11.3 Å². The largest absolute Gasteiger partial charge is 0.297 e. The summed E-state index contributed by atoms with van der Waals surface area (Å²) in [7, 11) is 0. The van der Waals surface area contributed by atoms with Crippen LogP contribution in [0.4, 0.5) is 0 Å². The fourth-order valence-corrected chi connectivity index (χ4v) is 6.14. The molecule has 0 unspecified atom stereocenters. The number of rotatable bonds is 4. The van der Waals surface area contributed by atoms with Crippen molar-refractivity contribution in [3.05, 3.63) is 16.1 Å². The smallest absolute Gasteiger partial charge is 0.0897 e. The Labute approximate surface area is 145 Å². The molecule has 3 aliphatic heterocycles. The molecule has 4 heteroatoms. The molecule has 0 N–H and O–H groups in total. The standard InChI is InChI=1S/C19H31N3S/c1-3-6-18-15-9-16(19-7-4-5-8-22(18)19)11-21(10-15)12-17-13-23-14(2)20-17/h13,15-16,18-19H,3-12H2,1-2H3/t15-,16+,18-,19-/m0/s1. The Morgan fingerprint density at radius 2 is 2.13 bits per heavy atom. The molecule has 3 nitrogen and oxygen atoms in total. The Morgan fingerprint density at radius 1 is 1.26 bits per heavy atom. The van der Waals surface area contributed by atoms with Crippen molar-refractivity contribution in [3.63, 3.8) is 0 Å². The fourth-order valence-electron chi connectivity index (χ4n) is 5.54. The van der Waals surface area contributed by atoms with Gasteiger partial charge in [0.25, 0.3) is 0 Å². The quantitative estimate of drug-likeness (QED) is 0.832. The van der Waals surface area contributed by atoms with E-state index in [1.165, 1.54) is 68.9 Å². The van der Waals surface area contributed by atoms with Gasteiger partial charge in [-0.05, 0) is 51.0 Å². The van der Waals surface area contributed by atoms with Crippen LogP contribution in [0.5, 0.6) is 0 Å². The number of piperidine rings is 3. The average Bonchev–Trinajstić information content (AvgIpc) is 2.96. The number of likely N-dealkylation sites (tertiary alicyclic amines) is 1. The highest BCUT2D eigenvalue weighted by Gasteiger charge is 2.46. The molecule has 128 valence electrons. The lowest BCUT2D eigenvalue weighted by Gasteiger charge is -2.57. The van der Waals surface area contributed by atoms with Crippen LogP contribution < -0.4 is 0 Å². The number of hydrogen-bond acceptors (Lipinski definition) is 4. The van der Waals surface area contributed by atoms with Crippen molar-refractivity contribution in [1.29, 1.82) is 0 Å². The molecule has 1 aromatic heterocycles. The molecule has 0 amide bonds. The first-order valence-electron chi connectivity index (χ1n) is 9.63. The number of aryl methyl sites for hydroxylation is 1. The molecule has 1 aromatic rings. The van der Waals surface area contributed by atoms with Crippen LogP contribution >= 0.6 is 11.3 Å². The summed E-state index contributed by atoms with van der Waals surface area (Å²) in [5.74, 6) is 1.80. The zero-order valence-electron chi connectivity index (χ0n) is 14.7. The molecule has 4 atom stereocenters. The maximum atomic E-state index is 4.70. The SMILES string of the molecule is CCC[C@H]1[C@H]2C[C@H](CN(Cc3csc(C)n3)C2)[C@@H]2CCCCN21. The second kappa shape index (κ2) is 6.81. The Hall–Kier alpha value is -0.450. The molecule has 4 heterocycles. The van der Waals surface area contributed by atoms with E-state index >= 15 is 0 Å². The predicted molar refractivity (Wildman–Crippen MR) is 96.8 cm³/mol. The predicted octanol–water partition coefficient (Wildman–Crippen LogP) is 3.93. The summed E-state index contributed by atoms with van der Waals surface area (Å²) in [4.78, 5) is 10.4. The summed E-state index contributed by atoms with van der Waals surface area (Å²) in [5.41, 5.74) is 1.29. The molecule has 0 saturated carbocycles. The fraction of sp³-hybridized carbons (Fsp3) is 0.842. The van der Waals surface area contributed by atoms with E-state index in [4.69, 9.17) is 4.98 Å². The van der Waals surface area contributed by atoms with Gasteiger partial charge in [-0.1, -0.05) is 19.8 Å². The molecule has 0 spiro atoms. The van der Waals surface area contributed by atoms with Crippen LogP contribution in [0.3, 0.4) is 0 Å². The highest BCUT2D eigenvalue weighted by atomic mass is 32.1. The summed E-state index contributed by atoms with van der Waals surface area (Å²) in [6.07, 6.45) is 8.54. The highest BCUT2D eigenvalue weighted by Crippen LogP contribution is 2.42. The van der Waals surface area contributed by atoms with Gasteiger partial charge >= 0.3 is 0 Å². The number of thiazole rings is 1. The second-order valence-corrected chi connectivity index (χ2v) is 9.03. The minimum Gasteiger partial charge on any atom is -0.297 e. The van der Waals surface area contributed by atoms with E-state index < -0.39 is 0 Å². The van der Waals surface area contributed by atoms with Gasteiger partial charge in [0.15, 0.2) is 0 Å². The van der Waals surface area contributed by atoms with Gasteiger partial charge < -0.3 is 0 Å². The third kappa shape index (κ3) is 3.22. The van der Waals surface area contributed by atoms with Gasteiger partial charge in [-0.3, -0.25) is 9.80 Å². The topological polar surface area (TPSA) is 19.4 Å². The molecule has 3 fully saturated rings. The maximum absolute atomic E-state index is 4.70. The monoisotopic (exact) mass is 333 g/mol. The van der Waals surface area contributed by atoms with Gasteiger partial charge in [0.1, 0.15) is 0 Å². The molecule has 23 heavy (non-hydrogen) atoms. The van der Waals surface area contributed by atoms with Crippen molar-refractivity contribution in [2.45, 2.75) is 71.0 Å². The summed E-state index contributed by atoms with van der Waals surface area (Å²) < 4.78 is 0. The number of hydrogen-bond donors (Lipinski definition) is 0. The number of aromatic nitrogens is 1. The molecule has 4 rings (SSSR count). The Kier molecular flexibility index (Phi) is 4.75. The van der Waals surface area contributed by atoms with E-state index in [2.05, 4.69) is 29.0 Å². The summed E-state index contributed by atoms with van der Waals surface area (Å²) in [5, 5.41) is 3.47. The van der Waals surface area contributed by atoms with Crippen molar-refractivity contribution in [2.75, 3.05) is 19.6 Å². The van der Waals surface area contributed by atoms with Crippen LogP contribution in [0, 0.1) is 18.8 Å². The van der Waals surface area contributed by atoms with E-state index in [0.29, 0.717) is 0 Å². The van der Waals surface area contributed by atoms with E-state index in [1.807, 2.05) is 0 Å². The van der Waals surface area contributed by atoms with Crippen LogP contribution in [0.2, 0.25) is 0 Å². The lowest BCUT2D eigenvalue weighted by molar-refractivity contribution is -0.0759. The van der Waals surface area contributed by atoms with Gasteiger partial charge in [0, 0.05) is 37.1 Å². The molecule has 0 aromatic carbocycles. The van der Waals surface area contributed by atoms with E-state index in [0.717, 1.165) is 30.5 Å². The minimum atomic E-state index is 0.849. The molecule has 0 radical (unpaired) electrons. The Morgan fingerprint density at radius 3 is 2.91 bits per heavy atom. The summed E-state index contributed by atoms with van der Waals surface area (Å²) >= 11 is 1.80. The number of fused-ring (bicyclic) bond motifs is 4. The molecular weight excluding hydrogens is 302 g/mol. The Balaban J connectivity index is 1.50. The first-order valence-corrected chi connectivity index (χ1v) is 10.5. The van der Waals surface area contributed by atoms with Crippen molar-refractivity contribution >= 4 is 11.3 Å². The molecule has 3 aliphatic rings. The molecule has 2 bridgehead atoms. The van der Waals surface area contributed by atoms with Gasteiger partial charge in [0.05, 0.1) is 10.7 Å². The van der Waals surface area contributed by atoms with E-state index in [9.17, 15) is 0 Å². The van der Waals surface area contributed by atoms with Crippen molar-refractivity contribution in [1.82, 2.24) is 14.8 Å². The second-order valence-electron chi connectivity index (χ2n) is 7.96. The first kappa shape index (κ1) is 16.0. The third-order valence-corrected chi connectivity index (χ3v) is 7.16. The van der Waals surface area contributed by atoms with Crippen LogP contribution in [-0.4, -0.2) is 46.5 Å². The third-order valence-electron chi connectivity index (χ3n) is 6.33. The van der Waals surface area contributed by atoms with Gasteiger partial charge in [-0.25, -0.2) is 4.98 Å². The van der Waals surface area contributed by atoms with Crippen LogP contribution in [0.1, 0.15) is 56.2 Å². The normalized spacial score (nSPS) is 35.2. The maximum Gasteiger partial charge on any atom is 0.0897 e. The van der Waals surface area contributed by atoms with Gasteiger partial charge in [0.2, 0.25) is 0 Å². The van der Waals surface area contributed by atoms with Crippen LogP contribution in [0.15, 0.2) is 5.38 Å². The van der Waals surface area contributed by atoms with Crippen molar-refractivity contribution in [3.8, 4) is 0 Å². The lowest BCUT2D eigenvalue weighted by atomic mass is 9.71. The van der Waals surface area contributed by atoms with Gasteiger partial charge in [-0.2, -0.15) is 0 Å². The summed E-state index contributed by atoms with van der Waals surface area (Å²) in [6.45, 7) is 9.52. The van der Waals surface area contributed by atoms with Crippen LogP contribution in [-0.2, 0) is 6.54 Å². The van der Waals surface area contributed by atoms with Crippen molar-refractivity contribution in [2.24, 2.45) is 11.8 Å². The Bertz CT molecular complexity index is 528. The molecule has 3 saturated heterocycles. The molecular formula is C19H31N3S. The average molecular weight is 334 g/mol. The molecule has 0 aliphatic carbocycles. The summed E-state index contributed by atoms with van der Waals surface area (Å²) in [6, 6.07) is 1.72. The zero-order chi connectivity index (χ0) is 15.8. The minimum absolute atomic E-state index is 0.849. The first-order chi connectivity index (χ1) is 11.2. The lowest BCUT2D eigenvalue weighted by Crippen LogP contribution is -2.63. The van der Waals surface area contributed by atoms with Crippen molar-refractivity contribution < 1.29 is 0 Å². The van der Waals surface area contributed by atoms with Crippen LogP contribution in [0.25, 0.3) is 0 Å².